The van der Waals surface area contributed by atoms with Gasteiger partial charge >= 0.3 is 0 Å². The van der Waals surface area contributed by atoms with Crippen LogP contribution in [0.25, 0.3) is 0 Å². The second-order valence-corrected chi connectivity index (χ2v) is 4.19. The molecule has 21 heavy (non-hydrogen) atoms. The molecule has 1 rings (SSSR count). The molecule has 1 amide bonds. The van der Waals surface area contributed by atoms with Crippen LogP contribution < -0.4 is 5.32 Å². The summed E-state index contributed by atoms with van der Waals surface area (Å²) >= 11 is 0. The minimum absolute atomic E-state index is 0.000486. The zero-order valence-electron chi connectivity index (χ0n) is 11.1. The monoisotopic (exact) mass is 304 g/mol. The summed E-state index contributed by atoms with van der Waals surface area (Å²) < 4.78 is 30.7. The number of carbonyl (C=O) groups excluding carboxylic acids is 1. The number of nitrogens with one attached hydrogen (secondary N) is 1. The Bertz CT molecular complexity index is 539. The van der Waals surface area contributed by atoms with Crippen molar-refractivity contribution in [1.29, 1.82) is 0 Å². The summed E-state index contributed by atoms with van der Waals surface area (Å²) in [6.45, 7) is 0.0701. The van der Waals surface area contributed by atoms with Crippen molar-refractivity contribution < 1.29 is 28.3 Å². The molecule has 0 aliphatic rings. The first kappa shape index (κ1) is 16.9. The molecule has 7 nitrogen and oxygen atoms in total. The number of nitro benzene ring substituents is 1. The lowest BCUT2D eigenvalue weighted by Gasteiger charge is -2.10. The number of rotatable bonds is 7. The van der Waals surface area contributed by atoms with Crippen LogP contribution in [-0.2, 0) is 4.74 Å². The van der Waals surface area contributed by atoms with E-state index in [9.17, 15) is 28.8 Å². The Kier molecular flexibility index (Phi) is 6.12. The smallest absolute Gasteiger partial charge is 0.285 e. The number of amides is 1. The van der Waals surface area contributed by atoms with Gasteiger partial charge in [0, 0.05) is 13.7 Å². The van der Waals surface area contributed by atoms with E-state index in [-0.39, 0.29) is 19.6 Å². The van der Waals surface area contributed by atoms with Gasteiger partial charge in [0.25, 0.3) is 11.6 Å². The van der Waals surface area contributed by atoms with Gasteiger partial charge in [-0.05, 0) is 12.5 Å². The van der Waals surface area contributed by atoms with Gasteiger partial charge < -0.3 is 15.2 Å². The van der Waals surface area contributed by atoms with Gasteiger partial charge in [-0.2, -0.15) is 0 Å². The van der Waals surface area contributed by atoms with Crippen LogP contribution >= 0.6 is 0 Å². The van der Waals surface area contributed by atoms with E-state index in [0.717, 1.165) is 0 Å². The lowest BCUT2D eigenvalue weighted by molar-refractivity contribution is -0.385. The molecule has 1 unspecified atom stereocenters. The lowest BCUT2D eigenvalue weighted by atomic mass is 10.1. The fourth-order valence-electron chi connectivity index (χ4n) is 1.59. The van der Waals surface area contributed by atoms with Crippen molar-refractivity contribution in [1.82, 2.24) is 5.32 Å². The number of ether oxygens (including phenoxy) is 1. The van der Waals surface area contributed by atoms with Crippen LogP contribution in [0.3, 0.4) is 0 Å². The number of nitro groups is 1. The van der Waals surface area contributed by atoms with E-state index in [1.165, 1.54) is 7.11 Å². The maximum Gasteiger partial charge on any atom is 0.285 e. The fourth-order valence-corrected chi connectivity index (χ4v) is 1.59. The molecule has 0 heterocycles. The van der Waals surface area contributed by atoms with E-state index in [1.54, 1.807) is 0 Å². The van der Waals surface area contributed by atoms with Gasteiger partial charge in [-0.15, -0.1) is 0 Å². The summed E-state index contributed by atoms with van der Waals surface area (Å²) in [5.74, 6) is -3.69. The average Bonchev–Trinajstić information content (AvgIpc) is 2.41. The summed E-state index contributed by atoms with van der Waals surface area (Å²) in [6.07, 6.45) is -0.660. The number of halogens is 2. The highest BCUT2D eigenvalue weighted by atomic mass is 19.2. The summed E-state index contributed by atoms with van der Waals surface area (Å²) in [5, 5.41) is 22.4. The lowest BCUT2D eigenvalue weighted by Crippen LogP contribution is -2.29. The second-order valence-electron chi connectivity index (χ2n) is 4.19. The molecule has 0 spiro atoms. The third kappa shape index (κ3) is 4.72. The van der Waals surface area contributed by atoms with Crippen LogP contribution in [0.1, 0.15) is 16.8 Å². The van der Waals surface area contributed by atoms with Crippen molar-refractivity contribution in [3.63, 3.8) is 0 Å². The Morgan fingerprint density at radius 1 is 1.48 bits per heavy atom. The van der Waals surface area contributed by atoms with Crippen LogP contribution in [0.5, 0.6) is 0 Å². The highest BCUT2D eigenvalue weighted by Gasteiger charge is 2.23. The van der Waals surface area contributed by atoms with Gasteiger partial charge in [0.15, 0.2) is 11.6 Å². The Morgan fingerprint density at radius 3 is 2.67 bits per heavy atom. The molecule has 0 saturated heterocycles. The molecule has 2 N–H and O–H groups in total. The van der Waals surface area contributed by atoms with Gasteiger partial charge in [0.1, 0.15) is 5.56 Å². The van der Waals surface area contributed by atoms with Crippen molar-refractivity contribution >= 4 is 11.6 Å². The molecular weight excluding hydrogens is 290 g/mol. The highest BCUT2D eigenvalue weighted by Crippen LogP contribution is 2.22. The first-order valence-electron chi connectivity index (χ1n) is 5.95. The molecule has 0 aromatic heterocycles. The molecule has 0 saturated carbocycles. The van der Waals surface area contributed by atoms with Crippen LogP contribution in [-0.4, -0.2) is 42.3 Å². The van der Waals surface area contributed by atoms with E-state index in [2.05, 4.69) is 10.1 Å². The van der Waals surface area contributed by atoms with Gasteiger partial charge in [0.05, 0.1) is 23.7 Å². The van der Waals surface area contributed by atoms with Gasteiger partial charge in [-0.3, -0.25) is 14.9 Å². The van der Waals surface area contributed by atoms with Crippen molar-refractivity contribution in [2.75, 3.05) is 20.3 Å². The molecule has 116 valence electrons. The third-order valence-corrected chi connectivity index (χ3v) is 2.60. The Hall–Kier alpha value is -2.13. The Morgan fingerprint density at radius 2 is 2.10 bits per heavy atom. The first-order chi connectivity index (χ1) is 9.86. The van der Waals surface area contributed by atoms with E-state index in [4.69, 9.17) is 0 Å². The predicted molar refractivity (Wildman–Crippen MR) is 67.8 cm³/mol. The van der Waals surface area contributed by atoms with E-state index in [0.29, 0.717) is 12.1 Å². The number of methoxy groups -OCH3 is 1. The van der Waals surface area contributed by atoms with Gasteiger partial charge in [-0.25, -0.2) is 8.78 Å². The average molecular weight is 304 g/mol. The number of aliphatic hydroxyl groups excluding tert-OH is 1. The largest absolute Gasteiger partial charge is 0.391 e. The first-order valence-corrected chi connectivity index (χ1v) is 5.95. The molecule has 0 fully saturated rings. The zero-order chi connectivity index (χ0) is 16.0. The third-order valence-electron chi connectivity index (χ3n) is 2.60. The zero-order valence-corrected chi connectivity index (χ0v) is 11.1. The minimum Gasteiger partial charge on any atom is -0.391 e. The molecule has 9 heteroatoms. The molecule has 0 aliphatic heterocycles. The quantitative estimate of drug-likeness (QED) is 0.578. The van der Waals surface area contributed by atoms with Crippen molar-refractivity contribution in [2.24, 2.45) is 0 Å². The maximum atomic E-state index is 13.1. The molecular formula is C12H14F2N2O5. The number of aliphatic hydroxyl groups is 1. The van der Waals surface area contributed by atoms with Crippen molar-refractivity contribution in [3.05, 3.63) is 39.4 Å². The van der Waals surface area contributed by atoms with E-state index in [1.807, 2.05) is 0 Å². The fraction of sp³-hybridized carbons (Fsp3) is 0.417. The number of hydrogen-bond acceptors (Lipinski definition) is 5. The summed E-state index contributed by atoms with van der Waals surface area (Å²) in [5.41, 5.74) is -1.41. The van der Waals surface area contributed by atoms with E-state index >= 15 is 0 Å². The summed E-state index contributed by atoms with van der Waals surface area (Å²) in [6, 6.07) is 0.818. The molecule has 1 atom stereocenters. The summed E-state index contributed by atoms with van der Waals surface area (Å²) in [4.78, 5) is 21.5. The predicted octanol–water partition coefficient (Wildman–Crippen LogP) is 1.00. The van der Waals surface area contributed by atoms with Gasteiger partial charge in [-0.1, -0.05) is 0 Å². The SMILES string of the molecule is COCC(O)CCNC(=O)c1cc(F)c(F)cc1[N+](=O)[O-]. The van der Waals surface area contributed by atoms with Crippen LogP contribution in [0, 0.1) is 21.7 Å². The number of carbonyl (C=O) groups is 1. The van der Waals surface area contributed by atoms with Crippen LogP contribution in [0.15, 0.2) is 12.1 Å². The Balaban J connectivity index is 2.78. The van der Waals surface area contributed by atoms with Crippen LogP contribution in [0.2, 0.25) is 0 Å². The number of benzene rings is 1. The molecule has 1 aromatic carbocycles. The van der Waals surface area contributed by atoms with Crippen molar-refractivity contribution in [2.45, 2.75) is 12.5 Å². The van der Waals surface area contributed by atoms with Crippen molar-refractivity contribution in [3.8, 4) is 0 Å². The molecule has 0 aliphatic carbocycles. The maximum absolute atomic E-state index is 13.1. The molecule has 0 radical (unpaired) electrons. The number of hydrogen-bond donors (Lipinski definition) is 2. The van der Waals surface area contributed by atoms with E-state index < -0.39 is 39.8 Å². The van der Waals surface area contributed by atoms with Gasteiger partial charge in [0.2, 0.25) is 0 Å². The standard InChI is InChI=1S/C12H14F2N2O5/c1-21-6-7(17)2-3-15-12(18)8-4-9(13)10(14)5-11(8)16(19)20/h4-5,7,17H,2-3,6H2,1H3,(H,15,18). The highest BCUT2D eigenvalue weighted by molar-refractivity contribution is 5.98. The summed E-state index contributed by atoms with van der Waals surface area (Å²) in [7, 11) is 1.40. The second kappa shape index (κ2) is 7.60. The molecule has 1 aromatic rings. The minimum atomic E-state index is -1.41. The normalized spacial score (nSPS) is 12.0. The molecule has 0 bridgehead atoms. The topological polar surface area (TPSA) is 102 Å². The van der Waals surface area contributed by atoms with Crippen LogP contribution in [0.4, 0.5) is 14.5 Å². The number of nitrogens with zero attached hydrogens (tertiary/aromatic N) is 1. The Labute approximate surface area is 118 Å².